The predicted molar refractivity (Wildman–Crippen MR) is 103 cm³/mol. The quantitative estimate of drug-likeness (QED) is 0.787. The van der Waals surface area contributed by atoms with E-state index in [0.29, 0.717) is 37.5 Å². The Hall–Kier alpha value is -2.87. The molecule has 2 amide bonds. The third kappa shape index (κ3) is 4.85. The van der Waals surface area contributed by atoms with Gasteiger partial charge in [-0.25, -0.2) is 4.79 Å². The second-order valence-electron chi connectivity index (χ2n) is 6.49. The Morgan fingerprint density at radius 2 is 1.85 bits per heavy atom. The molecule has 1 aromatic carbocycles. The molecule has 2 heterocycles. The van der Waals surface area contributed by atoms with E-state index >= 15 is 0 Å². The van der Waals surface area contributed by atoms with Gasteiger partial charge in [-0.3, -0.25) is 9.48 Å². The lowest BCUT2D eigenvalue weighted by Gasteiger charge is -2.36. The summed E-state index contributed by atoms with van der Waals surface area (Å²) in [5.41, 5.74) is 2.46. The Morgan fingerprint density at radius 3 is 2.48 bits per heavy atom. The monoisotopic (exact) mass is 371 g/mol. The minimum Gasteiger partial charge on any atom is -0.383 e. The molecule has 3 rings (SSSR count). The number of amides is 2. The molecule has 0 spiro atoms. The van der Waals surface area contributed by atoms with Crippen molar-refractivity contribution in [2.75, 3.05) is 50.1 Å². The summed E-state index contributed by atoms with van der Waals surface area (Å²) in [6.45, 7) is 5.56. The molecule has 2 aromatic rings. The summed E-state index contributed by atoms with van der Waals surface area (Å²) in [7, 11) is 1.64. The Bertz CT molecular complexity index is 779. The summed E-state index contributed by atoms with van der Waals surface area (Å²) in [6, 6.07) is 7.49. The number of nitrogens with zero attached hydrogens (tertiary/aromatic N) is 4. The largest absolute Gasteiger partial charge is 0.383 e. The van der Waals surface area contributed by atoms with Crippen molar-refractivity contribution in [1.82, 2.24) is 14.7 Å². The van der Waals surface area contributed by atoms with Gasteiger partial charge in [-0.15, -0.1) is 0 Å². The molecule has 0 radical (unpaired) electrons. The first-order valence-electron chi connectivity index (χ1n) is 9.00. The molecule has 144 valence electrons. The molecule has 27 heavy (non-hydrogen) atoms. The van der Waals surface area contributed by atoms with Crippen molar-refractivity contribution in [2.45, 2.75) is 13.5 Å². The van der Waals surface area contributed by atoms with E-state index in [1.807, 2.05) is 24.3 Å². The maximum Gasteiger partial charge on any atom is 0.322 e. The molecular weight excluding hydrogens is 346 g/mol. The van der Waals surface area contributed by atoms with Crippen molar-refractivity contribution >= 4 is 23.2 Å². The molecule has 1 saturated heterocycles. The number of hydrogen-bond acceptors (Lipinski definition) is 5. The molecule has 1 aromatic heterocycles. The minimum atomic E-state index is -0.118. The number of rotatable bonds is 6. The van der Waals surface area contributed by atoms with Crippen molar-refractivity contribution in [3.63, 3.8) is 0 Å². The fraction of sp³-hybridized carbons (Fsp3) is 0.421. The summed E-state index contributed by atoms with van der Waals surface area (Å²) >= 11 is 0. The lowest BCUT2D eigenvalue weighted by atomic mass is 10.1. The van der Waals surface area contributed by atoms with E-state index in [1.54, 1.807) is 36.0 Å². The van der Waals surface area contributed by atoms with E-state index in [2.05, 4.69) is 15.3 Å². The van der Waals surface area contributed by atoms with Crippen molar-refractivity contribution in [1.29, 1.82) is 0 Å². The van der Waals surface area contributed by atoms with Gasteiger partial charge in [0.1, 0.15) is 0 Å². The topological polar surface area (TPSA) is 79.7 Å². The molecule has 0 bridgehead atoms. The van der Waals surface area contributed by atoms with Crippen LogP contribution in [0.25, 0.3) is 0 Å². The summed E-state index contributed by atoms with van der Waals surface area (Å²) in [6.07, 6.45) is 3.43. The Balaban J connectivity index is 1.50. The molecule has 1 N–H and O–H groups in total. The van der Waals surface area contributed by atoms with Crippen LogP contribution < -0.4 is 10.2 Å². The molecule has 1 fully saturated rings. The third-order valence-corrected chi connectivity index (χ3v) is 4.61. The predicted octanol–water partition coefficient (Wildman–Crippen LogP) is 2.09. The highest BCUT2D eigenvalue weighted by Gasteiger charge is 2.21. The SMILES string of the molecule is COCCn1cc(NC(=O)N2CCN(c3ccc(C(C)=O)cc3)CC2)cn1. The zero-order valence-corrected chi connectivity index (χ0v) is 15.7. The second kappa shape index (κ2) is 8.68. The van der Waals surface area contributed by atoms with Crippen LogP contribution in [-0.2, 0) is 11.3 Å². The molecule has 8 heteroatoms. The number of benzene rings is 1. The van der Waals surface area contributed by atoms with Crippen LogP contribution in [0.15, 0.2) is 36.7 Å². The molecule has 1 aliphatic heterocycles. The molecular formula is C19H25N5O3. The first-order valence-corrected chi connectivity index (χ1v) is 9.00. The lowest BCUT2D eigenvalue weighted by molar-refractivity contribution is 0.101. The van der Waals surface area contributed by atoms with Gasteiger partial charge in [-0.2, -0.15) is 5.10 Å². The van der Waals surface area contributed by atoms with E-state index in [-0.39, 0.29) is 11.8 Å². The number of piperazine rings is 1. The van der Waals surface area contributed by atoms with E-state index in [1.165, 1.54) is 0 Å². The standard InChI is InChI=1S/C19H25N5O3/c1-15(25)16-3-5-18(6-4-16)22-7-9-23(10-8-22)19(26)21-17-13-20-24(14-17)11-12-27-2/h3-6,13-14H,7-12H2,1-2H3,(H,21,26). The zero-order valence-electron chi connectivity index (χ0n) is 15.7. The van der Waals surface area contributed by atoms with Gasteiger partial charge in [0.2, 0.25) is 0 Å². The number of carbonyl (C=O) groups excluding carboxylic acids is 2. The van der Waals surface area contributed by atoms with E-state index in [0.717, 1.165) is 18.8 Å². The minimum absolute atomic E-state index is 0.0635. The summed E-state index contributed by atoms with van der Waals surface area (Å²) in [5.74, 6) is 0.0635. The number of methoxy groups -OCH3 is 1. The van der Waals surface area contributed by atoms with Gasteiger partial charge in [0.15, 0.2) is 5.78 Å². The highest BCUT2D eigenvalue weighted by Crippen LogP contribution is 2.18. The molecule has 1 aliphatic rings. The summed E-state index contributed by atoms with van der Waals surface area (Å²) in [4.78, 5) is 27.8. The van der Waals surface area contributed by atoms with Gasteiger partial charge < -0.3 is 19.9 Å². The zero-order chi connectivity index (χ0) is 19.2. The first kappa shape index (κ1) is 18.9. The average molecular weight is 371 g/mol. The molecule has 0 atom stereocenters. The highest BCUT2D eigenvalue weighted by molar-refractivity contribution is 5.94. The third-order valence-electron chi connectivity index (χ3n) is 4.61. The Kier molecular flexibility index (Phi) is 6.08. The maximum atomic E-state index is 12.5. The van der Waals surface area contributed by atoms with E-state index in [9.17, 15) is 9.59 Å². The number of Topliss-reactive ketones (excluding diaryl/α,β-unsaturated/α-hetero) is 1. The number of hydrogen-bond donors (Lipinski definition) is 1. The number of ether oxygens (including phenoxy) is 1. The van der Waals surface area contributed by atoms with Gasteiger partial charge >= 0.3 is 6.03 Å². The van der Waals surface area contributed by atoms with Crippen LogP contribution in [0.4, 0.5) is 16.2 Å². The number of carbonyl (C=O) groups is 2. The normalized spacial score (nSPS) is 14.3. The smallest absolute Gasteiger partial charge is 0.322 e. The highest BCUT2D eigenvalue weighted by atomic mass is 16.5. The van der Waals surface area contributed by atoms with Gasteiger partial charge in [0.05, 0.1) is 25.0 Å². The van der Waals surface area contributed by atoms with Crippen molar-refractivity contribution < 1.29 is 14.3 Å². The van der Waals surface area contributed by atoms with Crippen molar-refractivity contribution in [3.8, 4) is 0 Å². The molecule has 0 saturated carbocycles. The van der Waals surface area contributed by atoms with Crippen LogP contribution >= 0.6 is 0 Å². The fourth-order valence-corrected chi connectivity index (χ4v) is 3.01. The number of ketones is 1. The first-order chi connectivity index (χ1) is 13.1. The Labute approximate surface area is 158 Å². The van der Waals surface area contributed by atoms with Crippen LogP contribution in [-0.4, -0.2) is 66.4 Å². The number of nitrogens with one attached hydrogen (secondary N) is 1. The Morgan fingerprint density at radius 1 is 1.15 bits per heavy atom. The molecule has 8 nitrogen and oxygen atoms in total. The summed E-state index contributed by atoms with van der Waals surface area (Å²) in [5, 5.41) is 7.08. The number of anilines is 2. The van der Waals surface area contributed by atoms with Crippen LogP contribution in [0.3, 0.4) is 0 Å². The van der Waals surface area contributed by atoms with Crippen LogP contribution in [0, 0.1) is 0 Å². The second-order valence-corrected chi connectivity index (χ2v) is 6.49. The molecule has 0 aliphatic carbocycles. The van der Waals surface area contributed by atoms with E-state index < -0.39 is 0 Å². The van der Waals surface area contributed by atoms with Crippen LogP contribution in [0.2, 0.25) is 0 Å². The fourth-order valence-electron chi connectivity index (χ4n) is 3.01. The van der Waals surface area contributed by atoms with Crippen molar-refractivity contribution in [2.24, 2.45) is 0 Å². The average Bonchev–Trinajstić information content (AvgIpc) is 3.13. The van der Waals surface area contributed by atoms with Gasteiger partial charge in [-0.05, 0) is 31.2 Å². The van der Waals surface area contributed by atoms with Gasteiger partial charge in [-0.1, -0.05) is 0 Å². The van der Waals surface area contributed by atoms with Crippen molar-refractivity contribution in [3.05, 3.63) is 42.2 Å². The maximum absolute atomic E-state index is 12.5. The summed E-state index contributed by atoms with van der Waals surface area (Å²) < 4.78 is 6.76. The number of urea groups is 1. The molecule has 0 unspecified atom stereocenters. The number of aromatic nitrogens is 2. The van der Waals surface area contributed by atoms with Crippen LogP contribution in [0.1, 0.15) is 17.3 Å². The van der Waals surface area contributed by atoms with Gasteiger partial charge in [0.25, 0.3) is 0 Å². The van der Waals surface area contributed by atoms with Gasteiger partial charge in [0, 0.05) is 50.7 Å². The van der Waals surface area contributed by atoms with Crippen LogP contribution in [0.5, 0.6) is 0 Å². The lowest BCUT2D eigenvalue weighted by Crippen LogP contribution is -2.50. The van der Waals surface area contributed by atoms with E-state index in [4.69, 9.17) is 4.74 Å².